The van der Waals surface area contributed by atoms with Gasteiger partial charge in [-0.25, -0.2) is 9.18 Å². The minimum absolute atomic E-state index is 0.00103. The maximum Gasteiger partial charge on any atom is 0.326 e. The van der Waals surface area contributed by atoms with Gasteiger partial charge in [0.1, 0.15) is 17.6 Å². The van der Waals surface area contributed by atoms with E-state index >= 15 is 0 Å². The van der Waals surface area contributed by atoms with Crippen molar-refractivity contribution in [2.24, 2.45) is 0 Å². The highest BCUT2D eigenvalue weighted by molar-refractivity contribution is 5.85. The molecule has 20 heavy (non-hydrogen) atoms. The van der Waals surface area contributed by atoms with Gasteiger partial charge >= 0.3 is 5.97 Å². The first-order chi connectivity index (χ1) is 9.47. The fourth-order valence-corrected chi connectivity index (χ4v) is 2.11. The maximum absolute atomic E-state index is 12.9. The number of likely N-dealkylation sites (tertiary alicyclic amines) is 1. The number of aliphatic carboxylic acids is 1. The van der Waals surface area contributed by atoms with Crippen LogP contribution in [-0.4, -0.2) is 52.3 Å². The van der Waals surface area contributed by atoms with Crippen molar-refractivity contribution >= 4 is 11.9 Å². The Labute approximate surface area is 114 Å². The van der Waals surface area contributed by atoms with E-state index in [9.17, 15) is 19.1 Å². The standard InChI is InChI=1S/C13H14FNO5/c14-8-2-1-3-10(4-8)20-7-12(17)15-6-9(16)5-11(15)13(18)19/h1-4,9,11,16H,5-7H2,(H,18,19). The van der Waals surface area contributed by atoms with Crippen molar-refractivity contribution in [1.29, 1.82) is 0 Å². The SMILES string of the molecule is O=C(O)C1CC(O)CN1C(=O)COc1cccc(F)c1. The molecule has 1 saturated heterocycles. The lowest BCUT2D eigenvalue weighted by atomic mass is 10.2. The second-order valence-corrected chi connectivity index (χ2v) is 4.54. The fourth-order valence-electron chi connectivity index (χ4n) is 2.11. The van der Waals surface area contributed by atoms with Crippen molar-refractivity contribution in [3.05, 3.63) is 30.1 Å². The zero-order chi connectivity index (χ0) is 14.7. The quantitative estimate of drug-likeness (QED) is 0.827. The smallest absolute Gasteiger partial charge is 0.326 e. The van der Waals surface area contributed by atoms with E-state index < -0.39 is 36.4 Å². The number of aliphatic hydroxyl groups is 1. The minimum Gasteiger partial charge on any atom is -0.484 e. The fraction of sp³-hybridized carbons (Fsp3) is 0.385. The molecule has 2 unspecified atom stereocenters. The predicted octanol–water partition coefficient (Wildman–Crippen LogP) is 0.251. The predicted molar refractivity (Wildman–Crippen MR) is 65.7 cm³/mol. The molecule has 2 atom stereocenters. The van der Waals surface area contributed by atoms with Crippen LogP contribution < -0.4 is 4.74 Å². The third kappa shape index (κ3) is 3.24. The molecule has 0 aromatic heterocycles. The van der Waals surface area contributed by atoms with Gasteiger partial charge in [-0.2, -0.15) is 0 Å². The molecule has 0 radical (unpaired) electrons. The van der Waals surface area contributed by atoms with E-state index in [0.717, 1.165) is 11.0 Å². The molecule has 1 fully saturated rings. The molecular weight excluding hydrogens is 269 g/mol. The molecule has 1 aromatic rings. The number of carboxylic acids is 1. The normalized spacial score (nSPS) is 21.8. The van der Waals surface area contributed by atoms with Crippen LogP contribution in [0.3, 0.4) is 0 Å². The second kappa shape index (κ2) is 5.87. The summed E-state index contributed by atoms with van der Waals surface area (Å²) in [4.78, 5) is 23.9. The molecular formula is C13H14FNO5. The van der Waals surface area contributed by atoms with Crippen LogP contribution in [-0.2, 0) is 9.59 Å². The van der Waals surface area contributed by atoms with Crippen molar-refractivity contribution in [3.8, 4) is 5.75 Å². The number of halogens is 1. The van der Waals surface area contributed by atoms with E-state index in [1.807, 2.05) is 0 Å². The molecule has 0 aliphatic carbocycles. The van der Waals surface area contributed by atoms with Gasteiger partial charge in [-0.1, -0.05) is 6.07 Å². The van der Waals surface area contributed by atoms with Gasteiger partial charge in [0, 0.05) is 19.0 Å². The number of aliphatic hydroxyl groups excluding tert-OH is 1. The van der Waals surface area contributed by atoms with Gasteiger partial charge in [-0.05, 0) is 12.1 Å². The molecule has 0 saturated carbocycles. The number of ether oxygens (including phenoxy) is 1. The Morgan fingerprint density at radius 3 is 2.85 bits per heavy atom. The molecule has 1 aliphatic rings. The van der Waals surface area contributed by atoms with Crippen molar-refractivity contribution in [1.82, 2.24) is 4.90 Å². The highest BCUT2D eigenvalue weighted by Gasteiger charge is 2.38. The average Bonchev–Trinajstić information content (AvgIpc) is 2.78. The first-order valence-corrected chi connectivity index (χ1v) is 6.06. The Kier molecular flexibility index (Phi) is 4.19. The number of amides is 1. The van der Waals surface area contributed by atoms with E-state index in [-0.39, 0.29) is 18.7 Å². The second-order valence-electron chi connectivity index (χ2n) is 4.54. The van der Waals surface area contributed by atoms with Gasteiger partial charge in [0.25, 0.3) is 5.91 Å². The summed E-state index contributed by atoms with van der Waals surface area (Å²) < 4.78 is 18.0. The van der Waals surface area contributed by atoms with E-state index in [1.54, 1.807) is 0 Å². The van der Waals surface area contributed by atoms with Gasteiger partial charge in [0.2, 0.25) is 0 Å². The van der Waals surface area contributed by atoms with E-state index in [0.29, 0.717) is 0 Å². The number of β-amino-alcohol motifs (C(OH)–C–C–N with tert-alkyl or cyclic N) is 1. The summed E-state index contributed by atoms with van der Waals surface area (Å²) >= 11 is 0. The van der Waals surface area contributed by atoms with Gasteiger partial charge in [0.05, 0.1) is 6.10 Å². The van der Waals surface area contributed by atoms with E-state index in [4.69, 9.17) is 9.84 Å². The first-order valence-electron chi connectivity index (χ1n) is 6.06. The highest BCUT2D eigenvalue weighted by Crippen LogP contribution is 2.19. The van der Waals surface area contributed by atoms with Crippen LogP contribution in [0.1, 0.15) is 6.42 Å². The molecule has 2 rings (SSSR count). The lowest BCUT2D eigenvalue weighted by molar-refractivity contribution is -0.148. The summed E-state index contributed by atoms with van der Waals surface area (Å²) in [5.41, 5.74) is 0. The number of nitrogens with zero attached hydrogens (tertiary/aromatic N) is 1. The van der Waals surface area contributed by atoms with Crippen molar-refractivity contribution in [2.45, 2.75) is 18.6 Å². The van der Waals surface area contributed by atoms with Gasteiger partial charge in [-0.3, -0.25) is 4.79 Å². The van der Waals surface area contributed by atoms with Crippen LogP contribution in [0.5, 0.6) is 5.75 Å². The Hall–Kier alpha value is -2.15. The number of benzene rings is 1. The molecule has 0 bridgehead atoms. The monoisotopic (exact) mass is 283 g/mol. The molecule has 1 aliphatic heterocycles. The summed E-state index contributed by atoms with van der Waals surface area (Å²) in [6, 6.07) is 4.25. The first kappa shape index (κ1) is 14.3. The Morgan fingerprint density at radius 1 is 1.45 bits per heavy atom. The third-order valence-electron chi connectivity index (χ3n) is 3.04. The van der Waals surface area contributed by atoms with E-state index in [2.05, 4.69) is 0 Å². The largest absolute Gasteiger partial charge is 0.484 e. The third-order valence-corrected chi connectivity index (χ3v) is 3.04. The zero-order valence-corrected chi connectivity index (χ0v) is 10.5. The van der Waals surface area contributed by atoms with E-state index in [1.165, 1.54) is 18.2 Å². The summed E-state index contributed by atoms with van der Waals surface area (Å²) in [7, 11) is 0. The van der Waals surface area contributed by atoms with Crippen LogP contribution in [0.2, 0.25) is 0 Å². The van der Waals surface area contributed by atoms with Crippen LogP contribution >= 0.6 is 0 Å². The number of hydrogen-bond acceptors (Lipinski definition) is 4. The highest BCUT2D eigenvalue weighted by atomic mass is 19.1. The molecule has 6 nitrogen and oxygen atoms in total. The lowest BCUT2D eigenvalue weighted by Gasteiger charge is -2.21. The van der Waals surface area contributed by atoms with Gasteiger partial charge < -0.3 is 19.8 Å². The van der Waals surface area contributed by atoms with Crippen molar-refractivity contribution in [2.75, 3.05) is 13.2 Å². The Bertz CT molecular complexity index is 521. The van der Waals surface area contributed by atoms with Crippen molar-refractivity contribution in [3.63, 3.8) is 0 Å². The number of hydrogen-bond donors (Lipinski definition) is 2. The zero-order valence-electron chi connectivity index (χ0n) is 10.5. The summed E-state index contributed by atoms with van der Waals surface area (Å²) in [6.45, 7) is -0.442. The molecule has 1 amide bonds. The van der Waals surface area contributed by atoms with Gasteiger partial charge in [-0.15, -0.1) is 0 Å². The molecule has 108 valence electrons. The van der Waals surface area contributed by atoms with Crippen LogP contribution in [0.15, 0.2) is 24.3 Å². The molecule has 1 heterocycles. The number of rotatable bonds is 4. The minimum atomic E-state index is -1.17. The van der Waals surface area contributed by atoms with Crippen LogP contribution in [0.4, 0.5) is 4.39 Å². The van der Waals surface area contributed by atoms with Crippen LogP contribution in [0, 0.1) is 5.82 Å². The number of carboxylic acid groups (broad SMARTS) is 1. The molecule has 2 N–H and O–H groups in total. The topological polar surface area (TPSA) is 87.1 Å². The van der Waals surface area contributed by atoms with Crippen LogP contribution in [0.25, 0.3) is 0 Å². The van der Waals surface area contributed by atoms with Gasteiger partial charge in [0.15, 0.2) is 6.61 Å². The average molecular weight is 283 g/mol. The Morgan fingerprint density at radius 2 is 2.20 bits per heavy atom. The summed E-state index contributed by atoms with van der Waals surface area (Å²) in [6.07, 6.45) is -0.852. The number of carbonyl (C=O) groups excluding carboxylic acids is 1. The summed E-state index contributed by atoms with van der Waals surface area (Å²) in [5.74, 6) is -2.03. The molecule has 0 spiro atoms. The Balaban J connectivity index is 1.96. The molecule has 1 aromatic carbocycles. The maximum atomic E-state index is 12.9. The number of carbonyl (C=O) groups is 2. The summed E-state index contributed by atoms with van der Waals surface area (Å²) in [5, 5.41) is 18.4. The molecule has 7 heteroatoms. The van der Waals surface area contributed by atoms with Crippen molar-refractivity contribution < 1.29 is 28.9 Å². The lowest BCUT2D eigenvalue weighted by Crippen LogP contribution is -2.42.